The summed E-state index contributed by atoms with van der Waals surface area (Å²) in [7, 11) is 3.68. The summed E-state index contributed by atoms with van der Waals surface area (Å²) in [6.07, 6.45) is 4.24. The number of thioether (sulfide) groups is 1. The molecule has 0 aromatic heterocycles. The van der Waals surface area contributed by atoms with Crippen molar-refractivity contribution >= 4 is 40.6 Å². The van der Waals surface area contributed by atoms with Crippen molar-refractivity contribution in [1.29, 1.82) is 0 Å². The molecule has 2 heterocycles. The van der Waals surface area contributed by atoms with Gasteiger partial charge in [0.25, 0.3) is 0 Å². The van der Waals surface area contributed by atoms with Gasteiger partial charge in [0.1, 0.15) is 11.1 Å². The number of aliphatic carboxylic acids is 1. The van der Waals surface area contributed by atoms with Crippen LogP contribution in [0.1, 0.15) is 59.3 Å². The van der Waals surface area contributed by atoms with Crippen LogP contribution in [0.3, 0.4) is 0 Å². The number of hydrogen-bond donors (Lipinski definition) is 2. The predicted molar refractivity (Wildman–Crippen MR) is 138 cm³/mol. The summed E-state index contributed by atoms with van der Waals surface area (Å²) in [5, 5.41) is 12.8. The summed E-state index contributed by atoms with van der Waals surface area (Å²) in [4.78, 5) is 58.0. The first kappa shape index (κ1) is 28.4. The minimum absolute atomic E-state index is 0.0271. The standard InChI is InChI=1S/C25H40N4O6S/c1-14(2)19(12-20(35-15(3)30)23-26-17(13-36-23)25(33)34)29(5)24(32)21(16-9-10-16)27-22(31)18-8-6-7-11-28(18)4/h14,16-21H,6-13H2,1-5H3,(H,27,31)(H,33,34)/t17?,18-,19-,20-,21+/m1/s1. The van der Waals surface area contributed by atoms with Crippen molar-refractivity contribution in [1.82, 2.24) is 15.1 Å². The minimum atomic E-state index is -1.02. The van der Waals surface area contributed by atoms with E-state index in [2.05, 4.69) is 15.2 Å². The summed E-state index contributed by atoms with van der Waals surface area (Å²) in [5.74, 6) is -1.30. The van der Waals surface area contributed by atoms with Crippen LogP contribution < -0.4 is 5.32 Å². The Balaban J connectivity index is 1.74. The first-order valence-corrected chi connectivity index (χ1v) is 13.9. The Labute approximate surface area is 217 Å². The number of carbonyl (C=O) groups is 4. The molecule has 5 atom stereocenters. The Hall–Kier alpha value is -2.14. The van der Waals surface area contributed by atoms with Crippen molar-refractivity contribution in [3.63, 3.8) is 0 Å². The molecule has 0 bridgehead atoms. The van der Waals surface area contributed by atoms with Gasteiger partial charge in [0.05, 0.1) is 6.04 Å². The maximum Gasteiger partial charge on any atom is 0.329 e. The van der Waals surface area contributed by atoms with Crippen molar-refractivity contribution in [2.75, 3.05) is 26.4 Å². The molecule has 36 heavy (non-hydrogen) atoms. The molecule has 3 aliphatic rings. The van der Waals surface area contributed by atoms with Crippen LogP contribution in [0.2, 0.25) is 0 Å². The highest BCUT2D eigenvalue weighted by molar-refractivity contribution is 8.14. The molecule has 0 aromatic carbocycles. The number of aliphatic imine (C=N–C) groups is 1. The molecule has 1 aliphatic carbocycles. The van der Waals surface area contributed by atoms with Crippen molar-refractivity contribution in [3.05, 3.63) is 0 Å². The van der Waals surface area contributed by atoms with Gasteiger partial charge in [-0.2, -0.15) is 0 Å². The number of hydrogen-bond acceptors (Lipinski definition) is 8. The van der Waals surface area contributed by atoms with Crippen molar-refractivity contribution < 1.29 is 29.0 Å². The second kappa shape index (κ2) is 12.4. The minimum Gasteiger partial charge on any atom is -0.480 e. The van der Waals surface area contributed by atoms with Gasteiger partial charge >= 0.3 is 11.9 Å². The number of carboxylic acids is 1. The molecule has 2 amide bonds. The van der Waals surface area contributed by atoms with Crippen LogP contribution in [-0.2, 0) is 23.9 Å². The summed E-state index contributed by atoms with van der Waals surface area (Å²) < 4.78 is 5.55. The molecule has 1 saturated carbocycles. The topological polar surface area (TPSA) is 129 Å². The van der Waals surface area contributed by atoms with E-state index in [1.807, 2.05) is 20.9 Å². The average molecular weight is 525 g/mol. The number of likely N-dealkylation sites (tertiary alicyclic amines) is 1. The first-order valence-electron chi connectivity index (χ1n) is 12.9. The van der Waals surface area contributed by atoms with Crippen LogP contribution >= 0.6 is 11.8 Å². The molecule has 202 valence electrons. The second-order valence-electron chi connectivity index (χ2n) is 10.5. The van der Waals surface area contributed by atoms with Gasteiger partial charge in [0.2, 0.25) is 11.8 Å². The Morgan fingerprint density at radius 3 is 2.44 bits per heavy atom. The monoisotopic (exact) mass is 524 g/mol. The van der Waals surface area contributed by atoms with E-state index in [0.29, 0.717) is 11.5 Å². The van der Waals surface area contributed by atoms with E-state index in [1.54, 1.807) is 11.9 Å². The zero-order valence-electron chi connectivity index (χ0n) is 21.9. The Kier molecular flexibility index (Phi) is 9.79. The molecule has 11 heteroatoms. The fourth-order valence-corrected chi connectivity index (χ4v) is 6.12. The van der Waals surface area contributed by atoms with E-state index < -0.39 is 30.1 Å². The average Bonchev–Trinajstić information content (AvgIpc) is 3.53. The molecule has 0 radical (unpaired) electrons. The Morgan fingerprint density at radius 2 is 1.92 bits per heavy atom. The summed E-state index contributed by atoms with van der Waals surface area (Å²) in [6.45, 7) is 6.16. The number of nitrogens with zero attached hydrogens (tertiary/aromatic N) is 3. The van der Waals surface area contributed by atoms with Gasteiger partial charge < -0.3 is 20.1 Å². The lowest BCUT2D eigenvalue weighted by atomic mass is 9.95. The van der Waals surface area contributed by atoms with Crippen LogP contribution in [0.5, 0.6) is 0 Å². The van der Waals surface area contributed by atoms with Gasteiger partial charge in [-0.25, -0.2) is 4.79 Å². The zero-order valence-corrected chi connectivity index (χ0v) is 22.8. The highest BCUT2D eigenvalue weighted by atomic mass is 32.2. The quantitative estimate of drug-likeness (QED) is 0.391. The third-order valence-electron chi connectivity index (χ3n) is 7.34. The van der Waals surface area contributed by atoms with Crippen LogP contribution in [0.4, 0.5) is 0 Å². The van der Waals surface area contributed by atoms with E-state index in [9.17, 15) is 24.3 Å². The van der Waals surface area contributed by atoms with Crippen LogP contribution in [0, 0.1) is 11.8 Å². The smallest absolute Gasteiger partial charge is 0.329 e. The Morgan fingerprint density at radius 1 is 1.22 bits per heavy atom. The van der Waals surface area contributed by atoms with Gasteiger partial charge in [-0.15, -0.1) is 11.8 Å². The molecule has 3 rings (SSSR count). The molecule has 10 nitrogen and oxygen atoms in total. The lowest BCUT2D eigenvalue weighted by Crippen LogP contribution is -2.57. The molecule has 0 aromatic rings. The number of likely N-dealkylation sites (N-methyl/N-ethyl adjacent to an activating group) is 2. The first-order chi connectivity index (χ1) is 17.0. The molecule has 0 spiro atoms. The second-order valence-corrected chi connectivity index (χ2v) is 11.6. The number of piperidine rings is 1. The van der Waals surface area contributed by atoms with Crippen LogP contribution in [-0.4, -0.2) is 100 Å². The van der Waals surface area contributed by atoms with Crippen molar-refractivity contribution in [2.24, 2.45) is 16.8 Å². The van der Waals surface area contributed by atoms with E-state index in [0.717, 1.165) is 38.6 Å². The molecule has 1 unspecified atom stereocenters. The number of nitrogens with one attached hydrogen (secondary N) is 1. The number of ether oxygens (including phenoxy) is 1. The SMILES string of the molecule is CC(=O)O[C@H](C[C@H](C(C)C)N(C)C(=O)[C@@H](NC(=O)[C@H]1CCCCN1C)C1CC1)C1=NC(C(=O)O)CS1. The van der Waals surface area contributed by atoms with Gasteiger partial charge in [-0.1, -0.05) is 20.3 Å². The van der Waals surface area contributed by atoms with Crippen molar-refractivity contribution in [3.8, 4) is 0 Å². The highest BCUT2D eigenvalue weighted by Gasteiger charge is 2.43. The van der Waals surface area contributed by atoms with E-state index in [1.165, 1.54) is 18.7 Å². The van der Waals surface area contributed by atoms with E-state index in [4.69, 9.17) is 4.74 Å². The lowest BCUT2D eigenvalue weighted by molar-refractivity contribution is -0.145. The van der Waals surface area contributed by atoms with Crippen LogP contribution in [0.15, 0.2) is 4.99 Å². The van der Waals surface area contributed by atoms with Crippen molar-refractivity contribution in [2.45, 2.75) is 89.6 Å². The number of carbonyl (C=O) groups excluding carboxylic acids is 3. The molecule has 2 fully saturated rings. The fraction of sp³-hybridized carbons (Fsp3) is 0.800. The maximum absolute atomic E-state index is 13.7. The van der Waals surface area contributed by atoms with Gasteiger partial charge in [0, 0.05) is 32.2 Å². The van der Waals surface area contributed by atoms with Gasteiger partial charge in [-0.3, -0.25) is 24.3 Å². The number of esters is 1. The normalized spacial score (nSPS) is 25.0. The van der Waals surface area contributed by atoms with E-state index in [-0.39, 0.29) is 41.5 Å². The summed E-state index contributed by atoms with van der Waals surface area (Å²) >= 11 is 1.28. The largest absolute Gasteiger partial charge is 0.480 e. The number of amides is 2. The zero-order chi connectivity index (χ0) is 26.6. The molecule has 2 N–H and O–H groups in total. The summed E-state index contributed by atoms with van der Waals surface area (Å²) in [5.41, 5.74) is 0. The van der Waals surface area contributed by atoms with Gasteiger partial charge in [0.15, 0.2) is 12.1 Å². The molecule has 1 saturated heterocycles. The number of rotatable bonds is 11. The third-order valence-corrected chi connectivity index (χ3v) is 8.49. The molecule has 2 aliphatic heterocycles. The fourth-order valence-electron chi connectivity index (χ4n) is 5.04. The predicted octanol–water partition coefficient (Wildman–Crippen LogP) is 1.77. The highest BCUT2D eigenvalue weighted by Crippen LogP contribution is 2.35. The van der Waals surface area contributed by atoms with Crippen LogP contribution in [0.25, 0.3) is 0 Å². The molecular formula is C25H40N4O6S. The number of carboxylic acid groups (broad SMARTS) is 1. The lowest BCUT2D eigenvalue weighted by Gasteiger charge is -2.37. The van der Waals surface area contributed by atoms with E-state index >= 15 is 0 Å². The summed E-state index contributed by atoms with van der Waals surface area (Å²) in [6, 6.07) is -1.97. The third kappa shape index (κ3) is 7.21. The maximum atomic E-state index is 13.7. The van der Waals surface area contributed by atoms with Gasteiger partial charge in [-0.05, 0) is 51.1 Å². The molecular weight excluding hydrogens is 484 g/mol. The Bertz CT molecular complexity index is 877.